The van der Waals surface area contributed by atoms with Gasteiger partial charge in [0.1, 0.15) is 11.5 Å². The number of fused-ring (bicyclic) bond motifs is 1. The number of aliphatic hydroxyl groups is 1. The summed E-state index contributed by atoms with van der Waals surface area (Å²) in [5.41, 5.74) is 2.50. The molecule has 1 saturated heterocycles. The van der Waals surface area contributed by atoms with Crippen molar-refractivity contribution in [3.05, 3.63) is 65.2 Å². The SMILES string of the molecule is CCOCc1ccccc1.COc1ccc2c(c1)[C@]13CCN(CC4CC4)C(C2)[C@]1(O)CCC(=O)C3. The van der Waals surface area contributed by atoms with E-state index in [1.54, 1.807) is 7.11 Å². The van der Waals surface area contributed by atoms with Crippen molar-refractivity contribution in [2.24, 2.45) is 5.92 Å². The van der Waals surface area contributed by atoms with Gasteiger partial charge in [-0.25, -0.2) is 0 Å². The summed E-state index contributed by atoms with van der Waals surface area (Å²) in [5.74, 6) is 1.95. The number of likely N-dealkylation sites (tertiary alicyclic amines) is 1. The van der Waals surface area contributed by atoms with Gasteiger partial charge in [-0.05, 0) is 80.3 Å². The molecule has 1 N–H and O–H groups in total. The molecule has 5 nitrogen and oxygen atoms in total. The number of benzene rings is 2. The maximum absolute atomic E-state index is 12.4. The number of methoxy groups -OCH3 is 1. The van der Waals surface area contributed by atoms with E-state index in [1.807, 2.05) is 31.2 Å². The summed E-state index contributed by atoms with van der Waals surface area (Å²) in [6, 6.07) is 16.6. The molecule has 6 rings (SSSR count). The maximum atomic E-state index is 12.4. The van der Waals surface area contributed by atoms with Crippen LogP contribution < -0.4 is 4.74 Å². The van der Waals surface area contributed by atoms with Gasteiger partial charge in [0, 0.05) is 37.5 Å². The number of carbonyl (C=O) groups excluding carboxylic acids is 1. The van der Waals surface area contributed by atoms with Gasteiger partial charge < -0.3 is 14.6 Å². The highest BCUT2D eigenvalue weighted by atomic mass is 16.5. The third-order valence-corrected chi connectivity index (χ3v) is 8.68. The van der Waals surface area contributed by atoms with Crippen LogP contribution in [-0.2, 0) is 28.0 Å². The number of nitrogens with zero attached hydrogens (tertiary/aromatic N) is 1. The van der Waals surface area contributed by atoms with Crippen LogP contribution in [0.1, 0.15) is 62.1 Å². The molecule has 1 unspecified atom stereocenters. The quantitative estimate of drug-likeness (QED) is 0.655. The van der Waals surface area contributed by atoms with Gasteiger partial charge in [0.2, 0.25) is 0 Å². The number of hydrogen-bond donors (Lipinski definition) is 1. The second-order valence-corrected chi connectivity index (χ2v) is 10.8. The molecule has 4 aliphatic rings. The number of piperidine rings is 1. The van der Waals surface area contributed by atoms with Gasteiger partial charge in [0.15, 0.2) is 0 Å². The zero-order valence-electron chi connectivity index (χ0n) is 21.2. The fourth-order valence-corrected chi connectivity index (χ4v) is 6.65. The first-order valence-electron chi connectivity index (χ1n) is 13.3. The molecule has 0 aromatic heterocycles. The lowest BCUT2D eigenvalue weighted by Crippen LogP contribution is -2.73. The molecule has 3 aliphatic carbocycles. The topological polar surface area (TPSA) is 59.0 Å². The molecule has 0 radical (unpaired) electrons. The van der Waals surface area contributed by atoms with E-state index < -0.39 is 11.0 Å². The Bertz CT molecular complexity index is 1040. The van der Waals surface area contributed by atoms with Crippen molar-refractivity contribution in [3.63, 3.8) is 0 Å². The third kappa shape index (κ3) is 4.66. The second-order valence-electron chi connectivity index (χ2n) is 10.8. The third-order valence-electron chi connectivity index (χ3n) is 8.68. The van der Waals surface area contributed by atoms with Crippen LogP contribution in [0.2, 0.25) is 0 Å². The zero-order chi connectivity index (χ0) is 24.5. The van der Waals surface area contributed by atoms with Crippen molar-refractivity contribution in [2.75, 3.05) is 26.8 Å². The van der Waals surface area contributed by atoms with Crippen LogP contribution >= 0.6 is 0 Å². The van der Waals surface area contributed by atoms with Crippen molar-refractivity contribution in [1.82, 2.24) is 4.90 Å². The molecular weight excluding hydrogens is 438 g/mol. The number of carbonyl (C=O) groups is 1. The van der Waals surface area contributed by atoms with Crippen molar-refractivity contribution in [1.29, 1.82) is 0 Å². The fourth-order valence-electron chi connectivity index (χ4n) is 6.65. The molecule has 35 heavy (non-hydrogen) atoms. The molecule has 3 atom stereocenters. The summed E-state index contributed by atoms with van der Waals surface area (Å²) in [5, 5.41) is 12.0. The van der Waals surface area contributed by atoms with Crippen molar-refractivity contribution < 1.29 is 19.4 Å². The average molecular weight is 478 g/mol. The highest BCUT2D eigenvalue weighted by Gasteiger charge is 2.64. The first-order chi connectivity index (χ1) is 17.0. The lowest BCUT2D eigenvalue weighted by Gasteiger charge is -2.63. The summed E-state index contributed by atoms with van der Waals surface area (Å²) < 4.78 is 10.7. The summed E-state index contributed by atoms with van der Waals surface area (Å²) in [6.45, 7) is 5.63. The van der Waals surface area contributed by atoms with E-state index in [9.17, 15) is 9.90 Å². The lowest BCUT2D eigenvalue weighted by atomic mass is 9.49. The monoisotopic (exact) mass is 477 g/mol. The van der Waals surface area contributed by atoms with Crippen LogP contribution in [0.5, 0.6) is 5.75 Å². The summed E-state index contributed by atoms with van der Waals surface area (Å²) in [7, 11) is 1.68. The van der Waals surface area contributed by atoms with E-state index in [2.05, 4.69) is 29.2 Å². The molecule has 0 amide bonds. The first kappa shape index (κ1) is 24.5. The van der Waals surface area contributed by atoms with Gasteiger partial charge in [-0.1, -0.05) is 36.4 Å². The molecule has 3 fully saturated rings. The molecule has 0 spiro atoms. The number of Topliss-reactive ketones (excluding diaryl/α,β-unsaturated/α-hetero) is 1. The number of hydrogen-bond acceptors (Lipinski definition) is 5. The van der Waals surface area contributed by atoms with Gasteiger partial charge in [0.05, 0.1) is 19.3 Å². The Morgan fingerprint density at radius 3 is 2.63 bits per heavy atom. The minimum Gasteiger partial charge on any atom is -0.497 e. The van der Waals surface area contributed by atoms with E-state index >= 15 is 0 Å². The van der Waals surface area contributed by atoms with Gasteiger partial charge in [-0.3, -0.25) is 9.69 Å². The molecule has 188 valence electrons. The van der Waals surface area contributed by atoms with Crippen LogP contribution in [-0.4, -0.2) is 54.2 Å². The number of ether oxygens (including phenoxy) is 2. The standard InChI is InChI=1S/C21H27NO3.C9H12O/c1-25-17-5-4-15-10-19-21(24)7-6-16(23)12-20(21,18(15)11-17)8-9-22(19)13-14-2-3-14;1-2-10-8-9-6-4-3-5-7-9/h4-5,11,14,19,24H,2-3,6-10,12-13H2,1H3;3-7H,2,8H2,1H3/t19?,20-,21-;/m1./s1. The molecule has 2 saturated carbocycles. The predicted molar refractivity (Wildman–Crippen MR) is 137 cm³/mol. The smallest absolute Gasteiger partial charge is 0.134 e. The first-order valence-corrected chi connectivity index (χ1v) is 13.3. The highest BCUT2D eigenvalue weighted by molar-refractivity contribution is 5.82. The largest absolute Gasteiger partial charge is 0.497 e. The average Bonchev–Trinajstić information content (AvgIpc) is 3.70. The van der Waals surface area contributed by atoms with Crippen LogP contribution in [0.25, 0.3) is 0 Å². The molecule has 1 aliphatic heterocycles. The Balaban J connectivity index is 0.000000214. The van der Waals surface area contributed by atoms with Crippen LogP contribution in [0.15, 0.2) is 48.5 Å². The van der Waals surface area contributed by atoms with Crippen molar-refractivity contribution >= 4 is 5.78 Å². The Morgan fingerprint density at radius 2 is 1.91 bits per heavy atom. The van der Waals surface area contributed by atoms with Gasteiger partial charge in [-0.15, -0.1) is 0 Å². The number of ketones is 1. The molecule has 2 aromatic rings. The molecule has 2 aromatic carbocycles. The molecule has 1 heterocycles. The lowest BCUT2D eigenvalue weighted by molar-refractivity contribution is -0.173. The van der Waals surface area contributed by atoms with Crippen LogP contribution in [0.4, 0.5) is 0 Å². The number of rotatable bonds is 6. The van der Waals surface area contributed by atoms with Crippen molar-refractivity contribution in [2.45, 2.75) is 75.5 Å². The van der Waals surface area contributed by atoms with E-state index in [4.69, 9.17) is 9.47 Å². The van der Waals surface area contributed by atoms with Crippen LogP contribution in [0, 0.1) is 5.92 Å². The van der Waals surface area contributed by atoms with Gasteiger partial charge in [-0.2, -0.15) is 0 Å². The minimum atomic E-state index is -0.784. The molecular formula is C30H39NO4. The van der Waals surface area contributed by atoms with E-state index in [0.29, 0.717) is 25.0 Å². The normalized spacial score (nSPS) is 29.5. The van der Waals surface area contributed by atoms with Crippen LogP contribution in [0.3, 0.4) is 0 Å². The van der Waals surface area contributed by atoms with Gasteiger partial charge in [0.25, 0.3) is 0 Å². The summed E-state index contributed by atoms with van der Waals surface area (Å²) in [4.78, 5) is 15.0. The second kappa shape index (κ2) is 10.0. The summed E-state index contributed by atoms with van der Waals surface area (Å²) >= 11 is 0. The Kier molecular flexibility index (Phi) is 7.02. The Morgan fingerprint density at radius 1 is 1.11 bits per heavy atom. The van der Waals surface area contributed by atoms with Gasteiger partial charge >= 0.3 is 0 Å². The highest BCUT2D eigenvalue weighted by Crippen LogP contribution is 2.58. The summed E-state index contributed by atoms with van der Waals surface area (Å²) in [6.07, 6.45) is 6.03. The predicted octanol–water partition coefficient (Wildman–Crippen LogP) is 4.68. The Labute approximate surface area is 209 Å². The maximum Gasteiger partial charge on any atom is 0.134 e. The fraction of sp³-hybridized carbons (Fsp3) is 0.567. The molecule has 2 bridgehead atoms. The van der Waals surface area contributed by atoms with Crippen molar-refractivity contribution in [3.8, 4) is 5.75 Å². The molecule has 5 heteroatoms. The van der Waals surface area contributed by atoms with E-state index in [-0.39, 0.29) is 6.04 Å². The zero-order valence-corrected chi connectivity index (χ0v) is 21.2. The Hall–Kier alpha value is -2.21. The van der Waals surface area contributed by atoms with E-state index in [1.165, 1.54) is 29.5 Å². The van der Waals surface area contributed by atoms with E-state index in [0.717, 1.165) is 50.8 Å². The minimum absolute atomic E-state index is 0.149.